The van der Waals surface area contributed by atoms with Crippen LogP contribution in [0.2, 0.25) is 0 Å². The Morgan fingerprint density at radius 1 is 1.39 bits per heavy atom. The van der Waals surface area contributed by atoms with Crippen molar-refractivity contribution < 1.29 is 4.39 Å². The molecule has 1 aromatic heterocycles. The van der Waals surface area contributed by atoms with E-state index in [0.29, 0.717) is 12.1 Å². The maximum atomic E-state index is 13.6. The summed E-state index contributed by atoms with van der Waals surface area (Å²) in [5.74, 6) is 0.676. The number of hydrogen-bond acceptors (Lipinski definition) is 3. The van der Waals surface area contributed by atoms with Gasteiger partial charge in [0.15, 0.2) is 0 Å². The zero-order chi connectivity index (χ0) is 13.0. The Morgan fingerprint density at radius 2 is 2.17 bits per heavy atom. The average molecular weight is 248 g/mol. The molecule has 0 aliphatic carbocycles. The fourth-order valence-electron chi connectivity index (χ4n) is 1.87. The van der Waals surface area contributed by atoms with E-state index in [4.69, 9.17) is 0 Å². The quantitative estimate of drug-likeness (QED) is 0.882. The third-order valence-corrected chi connectivity index (χ3v) is 2.93. The largest absolute Gasteiger partial charge is 0.303 e. The van der Waals surface area contributed by atoms with E-state index in [1.54, 1.807) is 12.1 Å². The summed E-state index contributed by atoms with van der Waals surface area (Å²) in [6.07, 6.45) is 1.54. The van der Waals surface area contributed by atoms with E-state index in [-0.39, 0.29) is 11.9 Å². The van der Waals surface area contributed by atoms with Gasteiger partial charge in [-0.2, -0.15) is 5.10 Å². The van der Waals surface area contributed by atoms with E-state index in [0.717, 1.165) is 12.4 Å². The van der Waals surface area contributed by atoms with Gasteiger partial charge >= 0.3 is 0 Å². The Kier molecular flexibility index (Phi) is 4.04. The number of aromatic nitrogens is 3. The Hall–Kier alpha value is -1.75. The van der Waals surface area contributed by atoms with Crippen molar-refractivity contribution >= 4 is 0 Å². The normalized spacial score (nSPS) is 12.6. The molecule has 1 unspecified atom stereocenters. The van der Waals surface area contributed by atoms with E-state index < -0.39 is 0 Å². The van der Waals surface area contributed by atoms with E-state index in [1.807, 2.05) is 24.6 Å². The molecule has 1 heterocycles. The molecule has 96 valence electrons. The molecule has 4 nitrogen and oxygen atoms in total. The average Bonchev–Trinajstić information content (AvgIpc) is 2.84. The van der Waals surface area contributed by atoms with Crippen LogP contribution in [-0.2, 0) is 13.1 Å². The molecule has 1 N–H and O–H groups in total. The zero-order valence-electron chi connectivity index (χ0n) is 10.6. The third-order valence-electron chi connectivity index (χ3n) is 2.93. The monoisotopic (exact) mass is 248 g/mol. The minimum absolute atomic E-state index is 0.0618. The Bertz CT molecular complexity index is 509. The topological polar surface area (TPSA) is 42.7 Å². The second-order valence-corrected chi connectivity index (χ2v) is 4.12. The molecule has 0 aliphatic rings. The molecule has 1 aromatic carbocycles. The van der Waals surface area contributed by atoms with Crippen LogP contribution in [0.5, 0.6) is 0 Å². The fraction of sp³-hybridized carbons (Fsp3) is 0.385. The zero-order valence-corrected chi connectivity index (χ0v) is 10.6. The summed E-state index contributed by atoms with van der Waals surface area (Å²) >= 11 is 0. The highest BCUT2D eigenvalue weighted by Crippen LogP contribution is 2.16. The number of aryl methyl sites for hydroxylation is 1. The molecule has 0 spiro atoms. The van der Waals surface area contributed by atoms with Crippen LogP contribution >= 0.6 is 0 Å². The first kappa shape index (κ1) is 12.7. The van der Waals surface area contributed by atoms with Crippen LogP contribution in [0.15, 0.2) is 30.6 Å². The van der Waals surface area contributed by atoms with Crippen molar-refractivity contribution in [2.45, 2.75) is 33.0 Å². The lowest BCUT2D eigenvalue weighted by Crippen LogP contribution is -2.21. The van der Waals surface area contributed by atoms with Gasteiger partial charge in [-0.25, -0.2) is 14.1 Å². The van der Waals surface area contributed by atoms with Crippen molar-refractivity contribution in [3.05, 3.63) is 47.8 Å². The second-order valence-electron chi connectivity index (χ2n) is 4.12. The van der Waals surface area contributed by atoms with E-state index >= 15 is 0 Å². The lowest BCUT2D eigenvalue weighted by atomic mass is 10.1. The van der Waals surface area contributed by atoms with Crippen LogP contribution in [-0.4, -0.2) is 14.8 Å². The Balaban J connectivity index is 2.01. The van der Waals surface area contributed by atoms with Crippen molar-refractivity contribution in [3.8, 4) is 0 Å². The number of benzene rings is 1. The highest BCUT2D eigenvalue weighted by Gasteiger charge is 2.11. The molecule has 2 aromatic rings. The molecule has 1 atom stereocenters. The summed E-state index contributed by atoms with van der Waals surface area (Å²) < 4.78 is 15.4. The van der Waals surface area contributed by atoms with Crippen LogP contribution in [0, 0.1) is 5.82 Å². The van der Waals surface area contributed by atoms with Gasteiger partial charge in [-0.15, -0.1) is 0 Å². The van der Waals surface area contributed by atoms with Crippen LogP contribution in [0.25, 0.3) is 0 Å². The predicted octanol–water partition coefficient (Wildman–Crippen LogP) is 2.29. The van der Waals surface area contributed by atoms with Gasteiger partial charge < -0.3 is 5.32 Å². The second kappa shape index (κ2) is 5.73. The molecular formula is C13H17FN4. The minimum atomic E-state index is -0.186. The molecular weight excluding hydrogens is 231 g/mol. The summed E-state index contributed by atoms with van der Waals surface area (Å²) in [6, 6.07) is 6.73. The highest BCUT2D eigenvalue weighted by atomic mass is 19.1. The van der Waals surface area contributed by atoms with Crippen LogP contribution in [0.1, 0.15) is 31.3 Å². The SMILES string of the molecule is CCn1ncnc1CNC(C)c1ccccc1F. The summed E-state index contributed by atoms with van der Waals surface area (Å²) in [5, 5.41) is 7.35. The first-order valence-corrected chi connectivity index (χ1v) is 6.07. The highest BCUT2D eigenvalue weighted by molar-refractivity contribution is 5.20. The smallest absolute Gasteiger partial charge is 0.140 e. The minimum Gasteiger partial charge on any atom is -0.303 e. The number of nitrogens with zero attached hydrogens (tertiary/aromatic N) is 3. The van der Waals surface area contributed by atoms with Crippen LogP contribution in [0.4, 0.5) is 4.39 Å². The van der Waals surface area contributed by atoms with Crippen molar-refractivity contribution in [2.75, 3.05) is 0 Å². The lowest BCUT2D eigenvalue weighted by molar-refractivity contribution is 0.501. The standard InChI is InChI=1S/C13H17FN4/c1-3-18-13(16-9-17-18)8-15-10(2)11-6-4-5-7-12(11)14/h4-7,9-10,15H,3,8H2,1-2H3. The molecule has 0 aliphatic heterocycles. The molecule has 0 amide bonds. The summed E-state index contributed by atoms with van der Waals surface area (Å²) in [4.78, 5) is 4.17. The summed E-state index contributed by atoms with van der Waals surface area (Å²) in [7, 11) is 0. The van der Waals surface area contributed by atoms with Gasteiger partial charge in [-0.05, 0) is 19.9 Å². The summed E-state index contributed by atoms with van der Waals surface area (Å²) in [5.41, 5.74) is 0.667. The fourth-order valence-corrected chi connectivity index (χ4v) is 1.87. The van der Waals surface area contributed by atoms with Gasteiger partial charge in [0, 0.05) is 18.2 Å². The van der Waals surface area contributed by atoms with Crippen molar-refractivity contribution in [3.63, 3.8) is 0 Å². The maximum absolute atomic E-state index is 13.6. The molecule has 0 radical (unpaired) electrons. The first-order valence-electron chi connectivity index (χ1n) is 6.07. The number of rotatable bonds is 5. The molecule has 0 saturated carbocycles. The molecule has 0 bridgehead atoms. The lowest BCUT2D eigenvalue weighted by Gasteiger charge is -2.14. The van der Waals surface area contributed by atoms with Crippen LogP contribution in [0.3, 0.4) is 0 Å². The predicted molar refractivity (Wildman–Crippen MR) is 67.4 cm³/mol. The van der Waals surface area contributed by atoms with Gasteiger partial charge in [0.25, 0.3) is 0 Å². The van der Waals surface area contributed by atoms with Crippen molar-refractivity contribution in [1.29, 1.82) is 0 Å². The van der Waals surface area contributed by atoms with Gasteiger partial charge in [0.2, 0.25) is 0 Å². The van der Waals surface area contributed by atoms with E-state index in [1.165, 1.54) is 12.4 Å². The Labute approximate surface area is 106 Å². The van der Waals surface area contributed by atoms with Gasteiger partial charge in [-0.3, -0.25) is 0 Å². The van der Waals surface area contributed by atoms with Crippen molar-refractivity contribution in [2.24, 2.45) is 0 Å². The number of halogens is 1. The first-order chi connectivity index (χ1) is 8.72. The third kappa shape index (κ3) is 2.73. The molecule has 0 saturated heterocycles. The van der Waals surface area contributed by atoms with Gasteiger partial charge in [0.1, 0.15) is 18.0 Å². The van der Waals surface area contributed by atoms with Crippen LogP contribution < -0.4 is 5.32 Å². The molecule has 5 heteroatoms. The Morgan fingerprint density at radius 3 is 2.89 bits per heavy atom. The van der Waals surface area contributed by atoms with E-state index in [2.05, 4.69) is 15.4 Å². The summed E-state index contributed by atoms with van der Waals surface area (Å²) in [6.45, 7) is 5.30. The van der Waals surface area contributed by atoms with E-state index in [9.17, 15) is 4.39 Å². The van der Waals surface area contributed by atoms with Crippen molar-refractivity contribution in [1.82, 2.24) is 20.1 Å². The maximum Gasteiger partial charge on any atom is 0.140 e. The van der Waals surface area contributed by atoms with Gasteiger partial charge in [-0.1, -0.05) is 18.2 Å². The molecule has 18 heavy (non-hydrogen) atoms. The number of nitrogens with one attached hydrogen (secondary N) is 1. The van der Waals surface area contributed by atoms with Gasteiger partial charge in [0.05, 0.1) is 6.54 Å². The molecule has 0 fully saturated rings. The molecule has 2 rings (SSSR count). The number of hydrogen-bond donors (Lipinski definition) is 1.